The van der Waals surface area contributed by atoms with E-state index in [-0.39, 0.29) is 5.91 Å². The van der Waals surface area contributed by atoms with E-state index in [2.05, 4.69) is 5.32 Å². The second kappa shape index (κ2) is 6.56. The molecule has 0 fully saturated rings. The Labute approximate surface area is 95.2 Å². The second-order valence-corrected chi connectivity index (χ2v) is 3.29. The molecule has 1 N–H and O–H groups in total. The van der Waals surface area contributed by atoms with Gasteiger partial charge in [-0.15, -0.1) is 0 Å². The fraction of sp³-hybridized carbons (Fsp3) is 0.231. The Bertz CT molecular complexity index is 397. The molecule has 16 heavy (non-hydrogen) atoms. The Morgan fingerprint density at radius 1 is 1.31 bits per heavy atom. The van der Waals surface area contributed by atoms with Crippen LogP contribution in [0.25, 0.3) is 0 Å². The first kappa shape index (κ1) is 12.2. The number of nitrogens with one attached hydrogen (secondary N) is 1. The van der Waals surface area contributed by atoms with Gasteiger partial charge in [-0.1, -0.05) is 37.3 Å². The lowest BCUT2D eigenvalue weighted by atomic mass is 10.1. The SMILES string of the molecule is CC/C=C\CNC(=O)c1ccccc1C=O. The molecule has 0 saturated carbocycles. The van der Waals surface area contributed by atoms with Gasteiger partial charge in [0.1, 0.15) is 0 Å². The van der Waals surface area contributed by atoms with Gasteiger partial charge in [-0.05, 0) is 12.5 Å². The van der Waals surface area contributed by atoms with E-state index in [1.165, 1.54) is 0 Å². The largest absolute Gasteiger partial charge is 0.349 e. The highest BCUT2D eigenvalue weighted by molar-refractivity contribution is 6.01. The third-order valence-corrected chi connectivity index (χ3v) is 2.12. The minimum atomic E-state index is -0.219. The summed E-state index contributed by atoms with van der Waals surface area (Å²) in [6.45, 7) is 2.51. The lowest BCUT2D eigenvalue weighted by Gasteiger charge is -2.04. The molecule has 0 atom stereocenters. The highest BCUT2D eigenvalue weighted by Crippen LogP contribution is 2.05. The number of hydrogen-bond acceptors (Lipinski definition) is 2. The minimum absolute atomic E-state index is 0.219. The van der Waals surface area contributed by atoms with Crippen molar-refractivity contribution in [2.45, 2.75) is 13.3 Å². The van der Waals surface area contributed by atoms with Crippen molar-refractivity contribution in [1.82, 2.24) is 5.32 Å². The zero-order valence-electron chi connectivity index (χ0n) is 9.27. The first-order valence-electron chi connectivity index (χ1n) is 5.27. The summed E-state index contributed by atoms with van der Waals surface area (Å²) in [5.74, 6) is -0.219. The smallest absolute Gasteiger partial charge is 0.252 e. The first-order valence-corrected chi connectivity index (χ1v) is 5.27. The fourth-order valence-electron chi connectivity index (χ4n) is 1.30. The number of carbonyl (C=O) groups excluding carboxylic acids is 2. The number of hydrogen-bond donors (Lipinski definition) is 1. The van der Waals surface area contributed by atoms with Crippen molar-refractivity contribution in [3.63, 3.8) is 0 Å². The van der Waals surface area contributed by atoms with Gasteiger partial charge in [0, 0.05) is 17.7 Å². The van der Waals surface area contributed by atoms with E-state index < -0.39 is 0 Å². The average molecular weight is 217 g/mol. The molecule has 1 aromatic rings. The maximum Gasteiger partial charge on any atom is 0.252 e. The fourth-order valence-corrected chi connectivity index (χ4v) is 1.30. The Morgan fingerprint density at radius 2 is 2.06 bits per heavy atom. The average Bonchev–Trinajstić information content (AvgIpc) is 2.34. The van der Waals surface area contributed by atoms with Crippen LogP contribution in [0.4, 0.5) is 0 Å². The van der Waals surface area contributed by atoms with Crippen LogP contribution in [0.15, 0.2) is 36.4 Å². The molecule has 1 rings (SSSR count). The summed E-state index contributed by atoms with van der Waals surface area (Å²) in [5.41, 5.74) is 0.835. The molecule has 0 radical (unpaired) electrons. The van der Waals surface area contributed by atoms with E-state index in [4.69, 9.17) is 0 Å². The second-order valence-electron chi connectivity index (χ2n) is 3.29. The van der Waals surface area contributed by atoms with E-state index in [9.17, 15) is 9.59 Å². The van der Waals surface area contributed by atoms with Gasteiger partial charge in [0.25, 0.3) is 5.91 Å². The number of aldehydes is 1. The van der Waals surface area contributed by atoms with Crippen LogP contribution in [-0.4, -0.2) is 18.7 Å². The van der Waals surface area contributed by atoms with Gasteiger partial charge in [-0.2, -0.15) is 0 Å². The summed E-state index contributed by atoms with van der Waals surface area (Å²) in [6, 6.07) is 6.74. The van der Waals surface area contributed by atoms with Crippen molar-refractivity contribution in [1.29, 1.82) is 0 Å². The van der Waals surface area contributed by atoms with Gasteiger partial charge in [0.2, 0.25) is 0 Å². The van der Waals surface area contributed by atoms with Crippen molar-refractivity contribution in [3.8, 4) is 0 Å². The van der Waals surface area contributed by atoms with Gasteiger partial charge >= 0.3 is 0 Å². The third kappa shape index (κ3) is 3.35. The maximum atomic E-state index is 11.7. The molecule has 0 heterocycles. The Hall–Kier alpha value is -1.90. The third-order valence-electron chi connectivity index (χ3n) is 2.12. The normalized spacial score (nSPS) is 10.3. The van der Waals surface area contributed by atoms with E-state index in [1.807, 2.05) is 19.1 Å². The van der Waals surface area contributed by atoms with Crippen molar-refractivity contribution < 1.29 is 9.59 Å². The van der Waals surface area contributed by atoms with Gasteiger partial charge < -0.3 is 5.32 Å². The number of amides is 1. The lowest BCUT2D eigenvalue weighted by molar-refractivity contribution is 0.0952. The summed E-state index contributed by atoms with van der Waals surface area (Å²) in [4.78, 5) is 22.4. The molecule has 84 valence electrons. The molecule has 1 aromatic carbocycles. The molecule has 0 unspecified atom stereocenters. The van der Waals surface area contributed by atoms with Crippen LogP contribution in [0, 0.1) is 0 Å². The molecule has 1 amide bonds. The van der Waals surface area contributed by atoms with E-state index in [0.717, 1.165) is 6.42 Å². The topological polar surface area (TPSA) is 46.2 Å². The molecule has 0 aliphatic carbocycles. The Morgan fingerprint density at radius 3 is 2.75 bits per heavy atom. The molecule has 3 nitrogen and oxygen atoms in total. The molecule has 0 saturated heterocycles. The van der Waals surface area contributed by atoms with Crippen molar-refractivity contribution in [2.24, 2.45) is 0 Å². The predicted molar refractivity (Wildman–Crippen MR) is 63.6 cm³/mol. The molecule has 0 aliphatic rings. The van der Waals surface area contributed by atoms with Crippen molar-refractivity contribution >= 4 is 12.2 Å². The summed E-state index contributed by atoms with van der Waals surface area (Å²) < 4.78 is 0. The van der Waals surface area contributed by atoms with Crippen LogP contribution in [-0.2, 0) is 0 Å². The summed E-state index contributed by atoms with van der Waals surface area (Å²) in [6.07, 6.45) is 5.50. The highest BCUT2D eigenvalue weighted by Gasteiger charge is 2.08. The van der Waals surface area contributed by atoms with Crippen molar-refractivity contribution in [2.75, 3.05) is 6.54 Å². The van der Waals surface area contributed by atoms with E-state index >= 15 is 0 Å². The standard InChI is InChI=1S/C13H15NO2/c1-2-3-6-9-14-13(16)12-8-5-4-7-11(12)10-15/h3-8,10H,2,9H2,1H3,(H,14,16)/b6-3-. The van der Waals surface area contributed by atoms with Crippen LogP contribution >= 0.6 is 0 Å². The lowest BCUT2D eigenvalue weighted by Crippen LogP contribution is -2.24. The van der Waals surface area contributed by atoms with Gasteiger partial charge in [-0.3, -0.25) is 9.59 Å². The minimum Gasteiger partial charge on any atom is -0.349 e. The van der Waals surface area contributed by atoms with Crippen LogP contribution in [0.2, 0.25) is 0 Å². The molecule has 3 heteroatoms. The molecule has 0 aliphatic heterocycles. The molecule has 0 aromatic heterocycles. The number of rotatable bonds is 5. The Kier molecular flexibility index (Phi) is 4.99. The zero-order valence-corrected chi connectivity index (χ0v) is 9.27. The number of benzene rings is 1. The predicted octanol–water partition coefficient (Wildman–Crippen LogP) is 2.20. The number of allylic oxidation sites excluding steroid dienone is 1. The first-order chi connectivity index (χ1) is 7.79. The molecular formula is C13H15NO2. The monoisotopic (exact) mass is 217 g/mol. The maximum absolute atomic E-state index is 11.7. The van der Waals surface area contributed by atoms with Crippen LogP contribution in [0.3, 0.4) is 0 Å². The summed E-state index contributed by atoms with van der Waals surface area (Å²) in [7, 11) is 0. The molecule has 0 spiro atoms. The summed E-state index contributed by atoms with van der Waals surface area (Å²) in [5, 5.41) is 2.72. The summed E-state index contributed by atoms with van der Waals surface area (Å²) >= 11 is 0. The van der Waals surface area contributed by atoms with Gasteiger partial charge in [-0.25, -0.2) is 0 Å². The van der Waals surface area contributed by atoms with Crippen LogP contribution in [0.5, 0.6) is 0 Å². The van der Waals surface area contributed by atoms with Crippen LogP contribution in [0.1, 0.15) is 34.1 Å². The Balaban J connectivity index is 2.65. The van der Waals surface area contributed by atoms with Crippen molar-refractivity contribution in [3.05, 3.63) is 47.5 Å². The number of carbonyl (C=O) groups is 2. The van der Waals surface area contributed by atoms with Crippen LogP contribution < -0.4 is 5.32 Å². The molecular weight excluding hydrogens is 202 g/mol. The van der Waals surface area contributed by atoms with Gasteiger partial charge in [0.05, 0.1) is 0 Å². The zero-order chi connectivity index (χ0) is 11.8. The van der Waals surface area contributed by atoms with E-state index in [0.29, 0.717) is 24.0 Å². The van der Waals surface area contributed by atoms with Gasteiger partial charge in [0.15, 0.2) is 6.29 Å². The highest BCUT2D eigenvalue weighted by atomic mass is 16.1. The van der Waals surface area contributed by atoms with E-state index in [1.54, 1.807) is 24.3 Å². The molecule has 0 bridgehead atoms. The quantitative estimate of drug-likeness (QED) is 0.607.